The molecule has 21 heavy (non-hydrogen) atoms. The molecule has 0 spiro atoms. The number of nitrogens with one attached hydrogen (secondary N) is 1. The molecular weight excluding hydrogens is 296 g/mol. The minimum Gasteiger partial charge on any atom is -0.309 e. The molecule has 0 aliphatic carbocycles. The highest BCUT2D eigenvalue weighted by Crippen LogP contribution is 2.28. The van der Waals surface area contributed by atoms with Crippen molar-refractivity contribution < 1.29 is 0 Å². The summed E-state index contributed by atoms with van der Waals surface area (Å²) in [5, 5.41) is 5.69. The Bertz CT molecular complexity index is 546. The largest absolute Gasteiger partial charge is 0.309 e. The summed E-state index contributed by atoms with van der Waals surface area (Å²) < 4.78 is 1.16. The average molecular weight is 321 g/mol. The Morgan fingerprint density at radius 3 is 2.38 bits per heavy atom. The van der Waals surface area contributed by atoms with Gasteiger partial charge < -0.3 is 5.32 Å². The first-order valence-electron chi connectivity index (χ1n) is 7.48. The smallest absolute Gasteiger partial charge is 0.150 e. The Morgan fingerprint density at radius 1 is 1.19 bits per heavy atom. The zero-order valence-electron chi connectivity index (χ0n) is 13.2. The van der Waals surface area contributed by atoms with E-state index in [1.165, 1.54) is 11.1 Å². The molecule has 1 aromatic carbocycles. The Hall–Kier alpha value is -0.840. The molecule has 2 nitrogen and oxygen atoms in total. The molecule has 114 valence electrons. The van der Waals surface area contributed by atoms with E-state index in [1.807, 2.05) is 18.7 Å². The third kappa shape index (κ3) is 4.83. The summed E-state index contributed by atoms with van der Waals surface area (Å²) >= 11 is 3.57. The summed E-state index contributed by atoms with van der Waals surface area (Å²) in [7, 11) is 0. The monoisotopic (exact) mass is 320 g/mol. The Kier molecular flexibility index (Phi) is 6.27. The van der Waals surface area contributed by atoms with Gasteiger partial charge in [-0.05, 0) is 30.5 Å². The molecule has 1 N–H and O–H groups in total. The molecule has 0 amide bonds. The number of aromatic nitrogens is 1. The molecule has 1 atom stereocenters. The summed E-state index contributed by atoms with van der Waals surface area (Å²) in [5.41, 5.74) is 3.88. The Morgan fingerprint density at radius 2 is 1.86 bits per heavy atom. The van der Waals surface area contributed by atoms with E-state index < -0.39 is 0 Å². The minimum atomic E-state index is 0.380. The molecule has 4 heteroatoms. The lowest BCUT2D eigenvalue weighted by Crippen LogP contribution is -2.22. The van der Waals surface area contributed by atoms with Crippen LogP contribution in [0, 0.1) is 6.92 Å². The van der Waals surface area contributed by atoms with Crippen LogP contribution in [-0.2, 0) is 0 Å². The maximum atomic E-state index is 4.53. The second-order valence-corrected chi connectivity index (χ2v) is 7.62. The lowest BCUT2D eigenvalue weighted by atomic mass is 9.99. The van der Waals surface area contributed by atoms with Crippen LogP contribution in [0.3, 0.4) is 0 Å². The number of nitrogens with zero attached hydrogens (tertiary/aromatic N) is 1. The third-order valence-corrected chi connectivity index (χ3v) is 5.66. The first-order valence-corrected chi connectivity index (χ1v) is 9.34. The van der Waals surface area contributed by atoms with Crippen LogP contribution in [0.5, 0.6) is 0 Å². The Labute approximate surface area is 136 Å². The first kappa shape index (κ1) is 16.5. The van der Waals surface area contributed by atoms with Gasteiger partial charge in [0.2, 0.25) is 0 Å². The molecule has 0 bridgehead atoms. The maximum Gasteiger partial charge on any atom is 0.150 e. The number of hydrogen-bond acceptors (Lipinski definition) is 4. The van der Waals surface area contributed by atoms with Gasteiger partial charge in [0, 0.05) is 22.9 Å². The molecule has 0 aliphatic heterocycles. The van der Waals surface area contributed by atoms with Crippen LogP contribution in [-0.4, -0.2) is 17.3 Å². The summed E-state index contributed by atoms with van der Waals surface area (Å²) in [4.78, 5) is 4.53. The van der Waals surface area contributed by atoms with Crippen LogP contribution < -0.4 is 5.32 Å². The van der Waals surface area contributed by atoms with Gasteiger partial charge in [0.05, 0.1) is 0 Å². The fourth-order valence-corrected chi connectivity index (χ4v) is 4.16. The van der Waals surface area contributed by atoms with E-state index in [0.29, 0.717) is 12.0 Å². The topological polar surface area (TPSA) is 24.9 Å². The summed E-state index contributed by atoms with van der Waals surface area (Å²) in [6.07, 6.45) is 0. The van der Waals surface area contributed by atoms with Crippen molar-refractivity contribution in [2.45, 2.75) is 44.0 Å². The van der Waals surface area contributed by atoms with Gasteiger partial charge in [-0.25, -0.2) is 4.98 Å². The molecule has 2 rings (SSSR count). The fourth-order valence-electron chi connectivity index (χ4n) is 2.19. The van der Waals surface area contributed by atoms with Gasteiger partial charge in [-0.15, -0.1) is 11.3 Å². The molecule has 0 saturated heterocycles. The molecule has 0 fully saturated rings. The van der Waals surface area contributed by atoms with Crippen LogP contribution in [0.15, 0.2) is 34.0 Å². The zero-order chi connectivity index (χ0) is 15.2. The molecule has 1 heterocycles. The van der Waals surface area contributed by atoms with Crippen molar-refractivity contribution in [1.29, 1.82) is 0 Å². The van der Waals surface area contributed by atoms with E-state index in [2.05, 4.69) is 60.7 Å². The molecule has 0 saturated carbocycles. The zero-order valence-corrected chi connectivity index (χ0v) is 14.9. The number of aryl methyl sites for hydroxylation is 1. The van der Waals surface area contributed by atoms with Crippen LogP contribution in [0.25, 0.3) is 0 Å². The van der Waals surface area contributed by atoms with Crippen molar-refractivity contribution in [2.24, 2.45) is 0 Å². The van der Waals surface area contributed by atoms with Crippen molar-refractivity contribution >= 4 is 23.1 Å². The maximum absolute atomic E-state index is 4.53. The van der Waals surface area contributed by atoms with E-state index in [1.54, 1.807) is 11.3 Å². The normalized spacial score (nSPS) is 12.8. The van der Waals surface area contributed by atoms with E-state index >= 15 is 0 Å². The molecule has 0 radical (unpaired) electrons. The highest BCUT2D eigenvalue weighted by molar-refractivity contribution is 8.01. The van der Waals surface area contributed by atoms with Crippen molar-refractivity contribution in [3.05, 3.63) is 46.5 Å². The highest BCUT2D eigenvalue weighted by atomic mass is 32.2. The second-order valence-electron chi connectivity index (χ2n) is 5.50. The van der Waals surface area contributed by atoms with Gasteiger partial charge in [0.1, 0.15) is 4.34 Å². The number of hydrogen-bond donors (Lipinski definition) is 1. The summed E-state index contributed by atoms with van der Waals surface area (Å²) in [6.45, 7) is 9.66. The average Bonchev–Trinajstić information content (AvgIpc) is 2.89. The highest BCUT2D eigenvalue weighted by Gasteiger charge is 2.12. The molecule has 0 aliphatic rings. The van der Waals surface area contributed by atoms with Gasteiger partial charge in [-0.1, -0.05) is 56.8 Å². The van der Waals surface area contributed by atoms with Gasteiger partial charge >= 0.3 is 0 Å². The van der Waals surface area contributed by atoms with Crippen molar-refractivity contribution in [1.82, 2.24) is 10.3 Å². The van der Waals surface area contributed by atoms with Crippen LogP contribution in [0.2, 0.25) is 0 Å². The number of benzene rings is 1. The third-order valence-electron chi connectivity index (χ3n) is 3.43. The predicted molar refractivity (Wildman–Crippen MR) is 94.5 cm³/mol. The lowest BCUT2D eigenvalue weighted by Gasteiger charge is -2.18. The summed E-state index contributed by atoms with van der Waals surface area (Å²) in [5.74, 6) is 1.60. The second kappa shape index (κ2) is 7.97. The van der Waals surface area contributed by atoms with Gasteiger partial charge in [0.15, 0.2) is 0 Å². The molecular formula is C17H24N2S2. The van der Waals surface area contributed by atoms with E-state index in [0.717, 1.165) is 22.3 Å². The van der Waals surface area contributed by atoms with Crippen LogP contribution in [0.4, 0.5) is 0 Å². The van der Waals surface area contributed by atoms with Crippen molar-refractivity contribution in [3.8, 4) is 0 Å². The number of thioether (sulfide) groups is 1. The van der Waals surface area contributed by atoms with Gasteiger partial charge in [-0.3, -0.25) is 0 Å². The van der Waals surface area contributed by atoms with E-state index in [-0.39, 0.29) is 0 Å². The predicted octanol–water partition coefficient (Wildman–Crippen LogP) is 5.02. The Balaban J connectivity index is 2.03. The molecule has 1 unspecified atom stereocenters. The van der Waals surface area contributed by atoms with Crippen LogP contribution in [0.1, 0.15) is 49.6 Å². The van der Waals surface area contributed by atoms with Crippen molar-refractivity contribution in [2.75, 3.05) is 12.3 Å². The van der Waals surface area contributed by atoms with E-state index in [4.69, 9.17) is 0 Å². The number of thiazole rings is 1. The SMILES string of the molecule is CCNC(CSc1nc(C)cs1)c1ccc(C(C)C)cc1. The fraction of sp³-hybridized carbons (Fsp3) is 0.471. The van der Waals surface area contributed by atoms with Crippen LogP contribution >= 0.6 is 23.1 Å². The quantitative estimate of drug-likeness (QED) is 0.725. The number of rotatable bonds is 7. The van der Waals surface area contributed by atoms with Gasteiger partial charge in [0.25, 0.3) is 0 Å². The molecule has 1 aromatic heterocycles. The molecule has 2 aromatic rings. The standard InChI is InChI=1S/C17H24N2S2/c1-5-18-16(11-21-17-19-13(4)10-20-17)15-8-6-14(7-9-15)12(2)3/h6-10,12,16,18H,5,11H2,1-4H3. The first-order chi connectivity index (χ1) is 10.1. The summed E-state index contributed by atoms with van der Waals surface area (Å²) in [6, 6.07) is 9.41. The van der Waals surface area contributed by atoms with E-state index in [9.17, 15) is 0 Å². The van der Waals surface area contributed by atoms with Crippen molar-refractivity contribution in [3.63, 3.8) is 0 Å². The van der Waals surface area contributed by atoms with Gasteiger partial charge in [-0.2, -0.15) is 0 Å². The minimum absolute atomic E-state index is 0.380. The lowest BCUT2D eigenvalue weighted by molar-refractivity contribution is 0.605.